The van der Waals surface area contributed by atoms with Crippen molar-refractivity contribution >= 4 is 28.2 Å². The van der Waals surface area contributed by atoms with Crippen molar-refractivity contribution in [1.29, 1.82) is 0 Å². The van der Waals surface area contributed by atoms with Gasteiger partial charge < -0.3 is 9.80 Å². The average Bonchev–Trinajstić information content (AvgIpc) is 3.41. The summed E-state index contributed by atoms with van der Waals surface area (Å²) >= 11 is 1.78. The number of hydrogen-bond donors (Lipinski definition) is 0. The van der Waals surface area contributed by atoms with Gasteiger partial charge in [-0.25, -0.2) is 0 Å². The van der Waals surface area contributed by atoms with Crippen LogP contribution in [-0.2, 0) is 6.18 Å². The third-order valence-corrected chi connectivity index (χ3v) is 8.62. The fraction of sp³-hybridized carbons (Fsp3) is 0.692. The molecule has 2 unspecified atom stereocenters. The van der Waals surface area contributed by atoms with Gasteiger partial charge >= 0.3 is 6.18 Å². The third kappa shape index (κ3) is 6.56. The van der Waals surface area contributed by atoms with E-state index in [2.05, 4.69) is 26.9 Å². The van der Waals surface area contributed by atoms with Crippen molar-refractivity contribution in [1.82, 2.24) is 4.90 Å². The third-order valence-electron chi connectivity index (χ3n) is 7.62. The van der Waals surface area contributed by atoms with Gasteiger partial charge in [-0.15, -0.1) is 16.9 Å². The van der Waals surface area contributed by atoms with E-state index < -0.39 is 11.7 Å². The summed E-state index contributed by atoms with van der Waals surface area (Å²) in [7, 11) is 0. The quantitative estimate of drug-likeness (QED) is 0.183. The molecule has 34 heavy (non-hydrogen) atoms. The van der Waals surface area contributed by atoms with Gasteiger partial charge in [0, 0.05) is 42.8 Å². The smallest absolute Gasteiger partial charge is 0.367 e. The van der Waals surface area contributed by atoms with Gasteiger partial charge in [-0.1, -0.05) is 19.3 Å². The van der Waals surface area contributed by atoms with Crippen molar-refractivity contribution in [2.45, 2.75) is 71.0 Å². The largest absolute Gasteiger partial charge is 0.416 e. The summed E-state index contributed by atoms with van der Waals surface area (Å²) in [6.45, 7) is 8.23. The van der Waals surface area contributed by atoms with Crippen LogP contribution in [0.5, 0.6) is 0 Å². The van der Waals surface area contributed by atoms with Crippen LogP contribution in [0.25, 0.3) is 0 Å². The summed E-state index contributed by atoms with van der Waals surface area (Å²) in [6, 6.07) is 6.08. The Morgan fingerprint density at radius 2 is 1.74 bits per heavy atom. The zero-order valence-electron chi connectivity index (χ0n) is 20.4. The number of hydrogen-bond acceptors (Lipinski definition) is 5. The maximum absolute atomic E-state index is 12.9. The Labute approximate surface area is 206 Å². The standard InChI is InChI=1S/C26H37F3N4S/c1-19(21-7-4-3-5-8-21)30-31-20(2)34-16-6-14-32-17-22-13-15-33(25(22)18-32)24-11-9-23(10-12-24)26(27,28)29/h9-12,21-22,25H,3-8,13-18H2,1-2H3/b30-19+,31-20+. The van der Waals surface area contributed by atoms with Crippen LogP contribution in [0.3, 0.4) is 0 Å². The molecule has 2 saturated heterocycles. The second kappa shape index (κ2) is 11.5. The maximum atomic E-state index is 12.9. The highest BCUT2D eigenvalue weighted by molar-refractivity contribution is 8.13. The number of likely N-dealkylation sites (tertiary alicyclic amines) is 1. The van der Waals surface area contributed by atoms with Gasteiger partial charge in [0.1, 0.15) is 0 Å². The average molecular weight is 495 g/mol. The first kappa shape index (κ1) is 25.5. The van der Waals surface area contributed by atoms with Crippen LogP contribution in [0.2, 0.25) is 0 Å². The lowest BCUT2D eigenvalue weighted by molar-refractivity contribution is -0.137. The minimum Gasteiger partial charge on any atom is -0.367 e. The molecule has 0 spiro atoms. The Hall–Kier alpha value is -1.54. The Kier molecular flexibility index (Phi) is 8.61. The molecule has 8 heteroatoms. The number of anilines is 1. The van der Waals surface area contributed by atoms with Crippen molar-refractivity contribution in [2.24, 2.45) is 22.0 Å². The molecule has 2 heterocycles. The number of nitrogens with zero attached hydrogens (tertiary/aromatic N) is 4. The van der Waals surface area contributed by atoms with E-state index in [9.17, 15) is 13.2 Å². The van der Waals surface area contributed by atoms with E-state index >= 15 is 0 Å². The molecule has 1 aliphatic carbocycles. The minimum atomic E-state index is -4.28. The molecule has 3 aliphatic rings. The lowest BCUT2D eigenvalue weighted by atomic mass is 9.86. The predicted molar refractivity (Wildman–Crippen MR) is 137 cm³/mol. The highest BCUT2D eigenvalue weighted by atomic mass is 32.2. The molecule has 0 amide bonds. The number of thioether (sulfide) groups is 1. The number of halogens is 3. The normalized spacial score (nSPS) is 25.3. The van der Waals surface area contributed by atoms with Crippen molar-refractivity contribution in [3.05, 3.63) is 29.8 Å². The first-order valence-corrected chi connectivity index (χ1v) is 13.7. The van der Waals surface area contributed by atoms with Gasteiger partial charge in [0.2, 0.25) is 0 Å². The van der Waals surface area contributed by atoms with Gasteiger partial charge in [0.05, 0.1) is 10.6 Å². The van der Waals surface area contributed by atoms with E-state index in [1.54, 1.807) is 23.9 Å². The first-order valence-electron chi connectivity index (χ1n) is 12.7. The Bertz CT molecular complexity index is 862. The molecule has 4 rings (SSSR count). The fourth-order valence-electron chi connectivity index (χ4n) is 5.68. The molecule has 2 atom stereocenters. The van der Waals surface area contributed by atoms with E-state index in [0.717, 1.165) is 55.5 Å². The number of benzene rings is 1. The van der Waals surface area contributed by atoms with E-state index in [0.29, 0.717) is 17.9 Å². The molecule has 0 bridgehead atoms. The van der Waals surface area contributed by atoms with Crippen LogP contribution in [0.15, 0.2) is 34.5 Å². The van der Waals surface area contributed by atoms with Gasteiger partial charge in [-0.2, -0.15) is 18.3 Å². The number of rotatable bonds is 7. The van der Waals surface area contributed by atoms with E-state index in [1.165, 1.54) is 49.9 Å². The van der Waals surface area contributed by atoms with E-state index in [1.807, 2.05) is 6.92 Å². The summed E-state index contributed by atoms with van der Waals surface area (Å²) in [5.41, 5.74) is 1.51. The molecule has 1 saturated carbocycles. The topological polar surface area (TPSA) is 31.2 Å². The fourth-order valence-corrected chi connectivity index (χ4v) is 6.35. The number of fused-ring (bicyclic) bond motifs is 1. The van der Waals surface area contributed by atoms with Crippen molar-refractivity contribution in [3.8, 4) is 0 Å². The molecule has 4 nitrogen and oxygen atoms in total. The summed E-state index contributed by atoms with van der Waals surface area (Å²) in [4.78, 5) is 4.83. The maximum Gasteiger partial charge on any atom is 0.416 e. The molecular weight excluding hydrogens is 457 g/mol. The predicted octanol–water partition coefficient (Wildman–Crippen LogP) is 6.71. The lowest BCUT2D eigenvalue weighted by Gasteiger charge is -2.27. The molecule has 0 N–H and O–H groups in total. The summed E-state index contributed by atoms with van der Waals surface area (Å²) in [6.07, 6.45) is 4.43. The molecule has 1 aromatic rings. The van der Waals surface area contributed by atoms with E-state index in [4.69, 9.17) is 0 Å². The molecule has 0 aromatic heterocycles. The van der Waals surface area contributed by atoms with Gasteiger partial charge in [0.25, 0.3) is 0 Å². The second-order valence-electron chi connectivity index (χ2n) is 10.0. The molecule has 188 valence electrons. The number of alkyl halides is 3. The Morgan fingerprint density at radius 3 is 2.44 bits per heavy atom. The van der Waals surface area contributed by atoms with Gasteiger partial charge in [-0.05, 0) is 82.2 Å². The lowest BCUT2D eigenvalue weighted by Crippen LogP contribution is -2.35. The van der Waals surface area contributed by atoms with Crippen LogP contribution < -0.4 is 4.90 Å². The molecule has 2 aliphatic heterocycles. The van der Waals surface area contributed by atoms with Crippen LogP contribution in [0, 0.1) is 11.8 Å². The van der Waals surface area contributed by atoms with Crippen LogP contribution in [0.1, 0.15) is 64.4 Å². The van der Waals surface area contributed by atoms with Gasteiger partial charge in [-0.3, -0.25) is 0 Å². The van der Waals surface area contributed by atoms with E-state index in [-0.39, 0.29) is 0 Å². The molecular formula is C26H37F3N4S. The minimum absolute atomic E-state index is 0.407. The zero-order chi connectivity index (χ0) is 24.1. The first-order chi connectivity index (χ1) is 16.3. The van der Waals surface area contributed by atoms with Crippen molar-refractivity contribution in [2.75, 3.05) is 36.8 Å². The highest BCUT2D eigenvalue weighted by Gasteiger charge is 2.41. The second-order valence-corrected chi connectivity index (χ2v) is 11.3. The highest BCUT2D eigenvalue weighted by Crippen LogP contribution is 2.37. The monoisotopic (exact) mass is 494 g/mol. The summed E-state index contributed by atoms with van der Waals surface area (Å²) in [5, 5.41) is 9.99. The van der Waals surface area contributed by atoms with Crippen LogP contribution >= 0.6 is 11.8 Å². The zero-order valence-corrected chi connectivity index (χ0v) is 21.2. The molecule has 0 radical (unpaired) electrons. The Balaban J connectivity index is 1.19. The van der Waals surface area contributed by atoms with Crippen molar-refractivity contribution < 1.29 is 13.2 Å². The van der Waals surface area contributed by atoms with Crippen LogP contribution in [-0.4, -0.2) is 53.6 Å². The van der Waals surface area contributed by atoms with Crippen molar-refractivity contribution in [3.63, 3.8) is 0 Å². The summed E-state index contributed by atoms with van der Waals surface area (Å²) < 4.78 is 38.6. The SMILES string of the molecule is C/C(=N\N=C(/C)C1CCCCC1)SCCCN1CC2CCN(c3ccc(C(F)(F)F)cc3)C2C1. The van der Waals surface area contributed by atoms with Gasteiger partial charge in [0.15, 0.2) is 0 Å². The Morgan fingerprint density at radius 1 is 1.00 bits per heavy atom. The molecule has 3 fully saturated rings. The molecule has 1 aromatic carbocycles. The van der Waals surface area contributed by atoms with Crippen LogP contribution in [0.4, 0.5) is 18.9 Å². The summed E-state index contributed by atoms with van der Waals surface area (Å²) in [5.74, 6) is 2.25.